The highest BCUT2D eigenvalue weighted by Crippen LogP contribution is 2.45. The highest BCUT2D eigenvalue weighted by atomic mass is 35.5. The maximum atomic E-state index is 6.33. The third kappa shape index (κ3) is 2.20. The first-order chi connectivity index (χ1) is 13.7. The summed E-state index contributed by atoms with van der Waals surface area (Å²) in [5.41, 5.74) is 3.26. The number of anilines is 1. The molecular weight excluding hydrogens is 378 g/mol. The lowest BCUT2D eigenvalue weighted by molar-refractivity contribution is 0.226. The van der Waals surface area contributed by atoms with Gasteiger partial charge >= 0.3 is 0 Å². The van der Waals surface area contributed by atoms with Gasteiger partial charge in [-0.25, -0.2) is 10.0 Å². The van der Waals surface area contributed by atoms with E-state index in [1.165, 1.54) is 6.42 Å². The minimum atomic E-state index is -0.149. The molecule has 1 saturated heterocycles. The van der Waals surface area contributed by atoms with Gasteiger partial charge in [0.25, 0.3) is 0 Å². The molecule has 0 aliphatic carbocycles. The van der Waals surface area contributed by atoms with E-state index in [0.717, 1.165) is 35.7 Å². The SMILES string of the molecule is CN1CCCC1c1cn(N2C=NC3c4ccccc4N4CN(Cl)C=C4N32)nn1. The quantitative estimate of drug-likeness (QED) is 0.718. The van der Waals surface area contributed by atoms with Crippen LogP contribution < -0.4 is 10.0 Å². The van der Waals surface area contributed by atoms with Gasteiger partial charge < -0.3 is 4.90 Å². The van der Waals surface area contributed by atoms with Crippen LogP contribution in [0.15, 0.2) is 47.5 Å². The number of halogens is 1. The van der Waals surface area contributed by atoms with Gasteiger partial charge in [0.15, 0.2) is 12.0 Å². The van der Waals surface area contributed by atoms with Crippen molar-refractivity contribution in [2.45, 2.75) is 25.0 Å². The molecule has 0 saturated carbocycles. The fourth-order valence-electron chi connectivity index (χ4n) is 4.53. The summed E-state index contributed by atoms with van der Waals surface area (Å²) in [6, 6.07) is 8.63. The van der Waals surface area contributed by atoms with E-state index in [0.29, 0.717) is 12.7 Å². The Morgan fingerprint density at radius 3 is 2.96 bits per heavy atom. The van der Waals surface area contributed by atoms with Crippen LogP contribution in [0.25, 0.3) is 0 Å². The Morgan fingerprint density at radius 1 is 1.21 bits per heavy atom. The normalized spacial score (nSPS) is 26.0. The molecular formula is C18H20ClN9. The zero-order valence-electron chi connectivity index (χ0n) is 15.4. The lowest BCUT2D eigenvalue weighted by Gasteiger charge is -2.41. The number of para-hydroxylation sites is 1. The molecule has 28 heavy (non-hydrogen) atoms. The lowest BCUT2D eigenvalue weighted by Crippen LogP contribution is -2.51. The number of hydrazine groups is 1. The topological polar surface area (TPSA) is 59.3 Å². The second-order valence-corrected chi connectivity index (χ2v) is 7.96. The third-order valence-electron chi connectivity index (χ3n) is 5.88. The average Bonchev–Trinajstić information content (AvgIpc) is 3.46. The lowest BCUT2D eigenvalue weighted by atomic mass is 10.1. The van der Waals surface area contributed by atoms with Gasteiger partial charge in [-0.15, -0.1) is 9.89 Å². The van der Waals surface area contributed by atoms with Gasteiger partial charge in [-0.3, -0.25) is 9.32 Å². The molecule has 1 aromatic heterocycles. The Morgan fingerprint density at radius 2 is 2.11 bits per heavy atom. The molecule has 2 atom stereocenters. The fraction of sp³-hybridized carbons (Fsp3) is 0.389. The highest BCUT2D eigenvalue weighted by molar-refractivity contribution is 6.14. The highest BCUT2D eigenvalue weighted by Gasteiger charge is 2.44. The Labute approximate surface area is 167 Å². The van der Waals surface area contributed by atoms with Crippen molar-refractivity contribution in [3.63, 3.8) is 0 Å². The second-order valence-electron chi connectivity index (χ2n) is 7.52. The first kappa shape index (κ1) is 16.2. The number of nitrogens with zero attached hydrogens (tertiary/aromatic N) is 9. The van der Waals surface area contributed by atoms with E-state index in [2.05, 4.69) is 44.3 Å². The summed E-state index contributed by atoms with van der Waals surface area (Å²) in [5.74, 6) is 0.964. The van der Waals surface area contributed by atoms with Gasteiger partial charge in [0.2, 0.25) is 0 Å². The van der Waals surface area contributed by atoms with Crippen molar-refractivity contribution in [1.29, 1.82) is 0 Å². The summed E-state index contributed by atoms with van der Waals surface area (Å²) in [5, 5.41) is 12.8. The van der Waals surface area contributed by atoms with Crippen molar-refractivity contribution in [3.05, 3.63) is 53.7 Å². The van der Waals surface area contributed by atoms with Crippen molar-refractivity contribution >= 4 is 23.8 Å². The van der Waals surface area contributed by atoms with Gasteiger partial charge in [-0.1, -0.05) is 18.2 Å². The van der Waals surface area contributed by atoms with E-state index in [-0.39, 0.29) is 6.17 Å². The predicted octanol–water partition coefficient (Wildman–Crippen LogP) is 1.99. The molecule has 9 nitrogen and oxygen atoms in total. The summed E-state index contributed by atoms with van der Waals surface area (Å²) < 4.78 is 1.66. The molecule has 10 heteroatoms. The first-order valence-electron chi connectivity index (χ1n) is 9.46. The number of aromatic nitrogens is 3. The average molecular weight is 398 g/mol. The van der Waals surface area contributed by atoms with Crippen molar-refractivity contribution in [2.75, 3.05) is 30.3 Å². The molecule has 4 aliphatic rings. The first-order valence-corrected chi connectivity index (χ1v) is 9.80. The summed E-state index contributed by atoms with van der Waals surface area (Å²) in [6.07, 6.45) is 7.89. The van der Waals surface area contributed by atoms with Crippen molar-refractivity contribution in [3.8, 4) is 0 Å². The molecule has 144 valence electrons. The smallest absolute Gasteiger partial charge is 0.173 e. The Balaban J connectivity index is 1.39. The van der Waals surface area contributed by atoms with Crippen LogP contribution in [0, 0.1) is 0 Å². The van der Waals surface area contributed by atoms with E-state index in [9.17, 15) is 0 Å². The number of hydrogen-bond donors (Lipinski definition) is 0. The number of benzene rings is 1. The maximum absolute atomic E-state index is 6.33. The summed E-state index contributed by atoms with van der Waals surface area (Å²) in [4.78, 5) is 11.0. The molecule has 1 aromatic carbocycles. The molecule has 2 unspecified atom stereocenters. The van der Waals surface area contributed by atoms with Crippen LogP contribution in [0.1, 0.15) is 36.3 Å². The number of rotatable bonds is 2. The van der Waals surface area contributed by atoms with Crippen LogP contribution in [-0.2, 0) is 0 Å². The second kappa shape index (κ2) is 5.86. The van der Waals surface area contributed by atoms with Crippen molar-refractivity contribution < 1.29 is 0 Å². The number of fused-ring (bicyclic) bond motifs is 6. The van der Waals surface area contributed by atoms with E-state index < -0.39 is 0 Å². The Hall–Kier alpha value is -2.78. The van der Waals surface area contributed by atoms with E-state index >= 15 is 0 Å². The molecule has 5 heterocycles. The van der Waals surface area contributed by atoms with Gasteiger partial charge in [0.1, 0.15) is 18.7 Å². The molecule has 4 aliphatic heterocycles. The molecule has 0 radical (unpaired) electrons. The number of aliphatic imine (C=N–C) groups is 1. The standard InChI is InChI=1S/C18H20ClN9/c1-23-8-4-7-16(23)14-9-26(22-21-14)27-11-20-18-13-5-2-3-6-15(13)25-12-24(19)10-17(25)28(18)27/h2-3,5-6,9-11,16,18H,4,7-8,12H2,1H3. The van der Waals surface area contributed by atoms with Crippen LogP contribution in [0.2, 0.25) is 0 Å². The van der Waals surface area contributed by atoms with Crippen LogP contribution in [-0.4, -0.2) is 56.0 Å². The van der Waals surface area contributed by atoms with Crippen LogP contribution in [0.3, 0.4) is 0 Å². The van der Waals surface area contributed by atoms with Crippen molar-refractivity contribution in [1.82, 2.24) is 29.4 Å². The van der Waals surface area contributed by atoms with Crippen molar-refractivity contribution in [2.24, 2.45) is 4.99 Å². The fourth-order valence-corrected chi connectivity index (χ4v) is 4.72. The van der Waals surface area contributed by atoms with Gasteiger partial charge in [-0.05, 0) is 37.7 Å². The van der Waals surface area contributed by atoms with Crippen LogP contribution in [0.5, 0.6) is 0 Å². The minimum absolute atomic E-state index is 0.149. The molecule has 0 amide bonds. The van der Waals surface area contributed by atoms with Gasteiger partial charge in [0, 0.05) is 17.3 Å². The predicted molar refractivity (Wildman–Crippen MR) is 105 cm³/mol. The summed E-state index contributed by atoms with van der Waals surface area (Å²) >= 11 is 6.33. The van der Waals surface area contributed by atoms with E-state index in [1.54, 1.807) is 15.5 Å². The molecule has 0 spiro atoms. The van der Waals surface area contributed by atoms with E-state index in [4.69, 9.17) is 16.8 Å². The van der Waals surface area contributed by atoms with Crippen LogP contribution in [0.4, 0.5) is 5.69 Å². The Bertz CT molecular complexity index is 985. The summed E-state index contributed by atoms with van der Waals surface area (Å²) in [6.45, 7) is 1.68. The molecule has 0 N–H and O–H groups in total. The molecule has 0 bridgehead atoms. The minimum Gasteiger partial charge on any atom is -0.305 e. The zero-order valence-corrected chi connectivity index (χ0v) is 16.2. The van der Waals surface area contributed by atoms with Crippen LogP contribution >= 0.6 is 11.8 Å². The Kier molecular flexibility index (Phi) is 3.39. The largest absolute Gasteiger partial charge is 0.305 e. The molecule has 1 fully saturated rings. The van der Waals surface area contributed by atoms with Gasteiger partial charge in [0.05, 0.1) is 24.1 Å². The number of hydrogen-bond acceptors (Lipinski definition) is 8. The molecule has 6 rings (SSSR count). The van der Waals surface area contributed by atoms with E-state index in [1.807, 2.05) is 29.6 Å². The molecule has 2 aromatic rings. The summed E-state index contributed by atoms with van der Waals surface area (Å²) in [7, 11) is 2.14. The monoisotopic (exact) mass is 397 g/mol. The third-order valence-corrected chi connectivity index (χ3v) is 6.09. The number of likely N-dealkylation sites (tertiary alicyclic amines) is 1. The maximum Gasteiger partial charge on any atom is 0.173 e. The zero-order chi connectivity index (χ0) is 18.8. The van der Waals surface area contributed by atoms with Gasteiger partial charge in [-0.2, -0.15) is 5.12 Å².